The molecule has 0 radical (unpaired) electrons. The standard InChI is InChI=1S/C18H24N4O3S/c1-2-15-11-22(18(24)25-15)14-6-8-21(9-7-14)16(23)12-4-3-5-13(10-12)20-17(19)26/h3-5,10,14-15H,2,6-9,11H2,1H3,(H3,19,20,26). The quantitative estimate of drug-likeness (QED) is 0.783. The number of hydrogen-bond donors (Lipinski definition) is 2. The number of amides is 2. The van der Waals surface area contributed by atoms with Crippen molar-refractivity contribution in [2.45, 2.75) is 38.3 Å². The van der Waals surface area contributed by atoms with Crippen LogP contribution in [0, 0.1) is 0 Å². The number of likely N-dealkylation sites (tertiary alicyclic amines) is 1. The molecule has 7 nitrogen and oxygen atoms in total. The Morgan fingerprint density at radius 1 is 1.38 bits per heavy atom. The van der Waals surface area contributed by atoms with Gasteiger partial charge in [-0.15, -0.1) is 0 Å². The number of ether oxygens (including phenoxy) is 1. The van der Waals surface area contributed by atoms with E-state index in [1.807, 2.05) is 22.8 Å². The number of benzene rings is 1. The van der Waals surface area contributed by atoms with Gasteiger partial charge >= 0.3 is 6.09 Å². The first-order valence-electron chi connectivity index (χ1n) is 8.91. The van der Waals surface area contributed by atoms with Crippen molar-refractivity contribution in [2.75, 3.05) is 25.0 Å². The molecule has 0 spiro atoms. The van der Waals surface area contributed by atoms with E-state index in [1.165, 1.54) is 0 Å². The number of nitrogens with two attached hydrogens (primary N) is 1. The van der Waals surface area contributed by atoms with Crippen LogP contribution in [0.15, 0.2) is 24.3 Å². The highest BCUT2D eigenvalue weighted by Gasteiger charge is 2.37. The second-order valence-electron chi connectivity index (χ2n) is 6.66. The van der Waals surface area contributed by atoms with Crippen molar-refractivity contribution in [2.24, 2.45) is 5.73 Å². The number of carbonyl (C=O) groups is 2. The van der Waals surface area contributed by atoms with Crippen LogP contribution in [0.5, 0.6) is 0 Å². The van der Waals surface area contributed by atoms with Gasteiger partial charge < -0.3 is 25.6 Å². The van der Waals surface area contributed by atoms with Gasteiger partial charge in [0.05, 0.1) is 6.54 Å². The number of cyclic esters (lactones) is 1. The van der Waals surface area contributed by atoms with E-state index in [2.05, 4.69) is 5.32 Å². The number of nitrogens with zero attached hydrogens (tertiary/aromatic N) is 2. The Morgan fingerprint density at radius 3 is 2.73 bits per heavy atom. The van der Waals surface area contributed by atoms with Crippen LogP contribution in [0.25, 0.3) is 0 Å². The van der Waals surface area contributed by atoms with E-state index in [0.29, 0.717) is 30.9 Å². The van der Waals surface area contributed by atoms with E-state index >= 15 is 0 Å². The maximum atomic E-state index is 12.8. The minimum atomic E-state index is -0.224. The van der Waals surface area contributed by atoms with Gasteiger partial charge in [0.15, 0.2) is 5.11 Å². The molecule has 26 heavy (non-hydrogen) atoms. The molecular formula is C18H24N4O3S. The minimum Gasteiger partial charge on any atom is -0.444 e. The van der Waals surface area contributed by atoms with E-state index in [0.717, 1.165) is 19.3 Å². The summed E-state index contributed by atoms with van der Waals surface area (Å²) in [5, 5.41) is 3.01. The van der Waals surface area contributed by atoms with Crippen molar-refractivity contribution in [1.29, 1.82) is 0 Å². The molecule has 3 N–H and O–H groups in total. The Morgan fingerprint density at radius 2 is 2.12 bits per heavy atom. The van der Waals surface area contributed by atoms with Crippen molar-refractivity contribution >= 4 is 35.0 Å². The number of carbonyl (C=O) groups excluding carboxylic acids is 2. The average molecular weight is 376 g/mol. The van der Waals surface area contributed by atoms with Crippen LogP contribution >= 0.6 is 12.2 Å². The molecule has 2 amide bonds. The maximum Gasteiger partial charge on any atom is 0.410 e. The number of anilines is 1. The van der Waals surface area contributed by atoms with Gasteiger partial charge in [0, 0.05) is 30.4 Å². The van der Waals surface area contributed by atoms with Gasteiger partial charge in [-0.25, -0.2) is 4.79 Å². The number of thiocarbonyl (C=S) groups is 1. The van der Waals surface area contributed by atoms with Crippen LogP contribution in [-0.4, -0.2) is 58.7 Å². The van der Waals surface area contributed by atoms with Crippen molar-refractivity contribution in [3.63, 3.8) is 0 Å². The van der Waals surface area contributed by atoms with Crippen LogP contribution in [-0.2, 0) is 4.74 Å². The Kier molecular flexibility index (Phi) is 5.61. The largest absolute Gasteiger partial charge is 0.444 e. The topological polar surface area (TPSA) is 87.9 Å². The third-order valence-electron chi connectivity index (χ3n) is 4.93. The molecule has 0 bridgehead atoms. The fourth-order valence-corrected chi connectivity index (χ4v) is 3.61. The van der Waals surface area contributed by atoms with E-state index in [-0.39, 0.29) is 29.3 Å². The Bertz CT molecular complexity index is 703. The van der Waals surface area contributed by atoms with Gasteiger partial charge in [0.25, 0.3) is 5.91 Å². The molecule has 1 aromatic rings. The summed E-state index contributed by atoms with van der Waals surface area (Å²) in [4.78, 5) is 28.4. The van der Waals surface area contributed by atoms with Gasteiger partial charge in [0.1, 0.15) is 6.10 Å². The molecule has 140 valence electrons. The number of rotatable bonds is 4. The van der Waals surface area contributed by atoms with Gasteiger partial charge in [-0.3, -0.25) is 4.79 Å². The van der Waals surface area contributed by atoms with Gasteiger partial charge in [-0.05, 0) is 49.7 Å². The van der Waals surface area contributed by atoms with E-state index in [9.17, 15) is 9.59 Å². The van der Waals surface area contributed by atoms with Crippen molar-refractivity contribution in [3.8, 4) is 0 Å². The molecular weight excluding hydrogens is 352 g/mol. The summed E-state index contributed by atoms with van der Waals surface area (Å²) >= 11 is 4.83. The van der Waals surface area contributed by atoms with Crippen LogP contribution in [0.1, 0.15) is 36.5 Å². The highest BCUT2D eigenvalue weighted by Crippen LogP contribution is 2.24. The van der Waals surface area contributed by atoms with Crippen molar-refractivity contribution in [3.05, 3.63) is 29.8 Å². The van der Waals surface area contributed by atoms with Crippen LogP contribution < -0.4 is 11.1 Å². The van der Waals surface area contributed by atoms with Crippen LogP contribution in [0.4, 0.5) is 10.5 Å². The molecule has 2 aliphatic rings. The zero-order valence-corrected chi connectivity index (χ0v) is 15.6. The Balaban J connectivity index is 1.59. The first-order valence-corrected chi connectivity index (χ1v) is 9.31. The SMILES string of the molecule is CCC1CN(C2CCN(C(=O)c3cccc(NC(N)=S)c3)CC2)C(=O)O1. The fourth-order valence-electron chi connectivity index (χ4n) is 3.49. The summed E-state index contributed by atoms with van der Waals surface area (Å²) in [7, 11) is 0. The summed E-state index contributed by atoms with van der Waals surface area (Å²) in [5.74, 6) is -0.0227. The second kappa shape index (κ2) is 7.90. The third-order valence-corrected chi connectivity index (χ3v) is 5.03. The summed E-state index contributed by atoms with van der Waals surface area (Å²) in [5.41, 5.74) is 6.77. The molecule has 2 aliphatic heterocycles. The smallest absolute Gasteiger partial charge is 0.410 e. The number of piperidine rings is 1. The lowest BCUT2D eigenvalue weighted by Crippen LogP contribution is -2.47. The predicted molar refractivity (Wildman–Crippen MR) is 103 cm³/mol. The molecule has 8 heteroatoms. The highest BCUT2D eigenvalue weighted by atomic mass is 32.1. The lowest BCUT2D eigenvalue weighted by atomic mass is 10.0. The fraction of sp³-hybridized carbons (Fsp3) is 0.500. The minimum absolute atomic E-state index is 0.00831. The first kappa shape index (κ1) is 18.4. The van der Waals surface area contributed by atoms with Crippen LogP contribution in [0.3, 0.4) is 0 Å². The van der Waals surface area contributed by atoms with E-state index < -0.39 is 0 Å². The predicted octanol–water partition coefficient (Wildman–Crippen LogP) is 2.18. The van der Waals surface area contributed by atoms with Gasteiger partial charge in [-0.2, -0.15) is 0 Å². The zero-order chi connectivity index (χ0) is 18.7. The summed E-state index contributed by atoms with van der Waals surface area (Å²) in [6.45, 7) is 3.91. The molecule has 0 aromatic heterocycles. The molecule has 1 aromatic carbocycles. The molecule has 0 saturated carbocycles. The molecule has 2 heterocycles. The summed E-state index contributed by atoms with van der Waals surface area (Å²) < 4.78 is 5.34. The molecule has 1 atom stereocenters. The Labute approximate surface area is 158 Å². The first-order chi connectivity index (χ1) is 12.5. The number of hydrogen-bond acceptors (Lipinski definition) is 4. The number of nitrogens with one attached hydrogen (secondary N) is 1. The molecule has 3 rings (SSSR count). The van der Waals surface area contributed by atoms with Gasteiger partial charge in [-0.1, -0.05) is 13.0 Å². The summed E-state index contributed by atoms with van der Waals surface area (Å²) in [6, 6.07) is 7.28. The second-order valence-corrected chi connectivity index (χ2v) is 7.10. The lowest BCUT2D eigenvalue weighted by Gasteiger charge is -2.35. The monoisotopic (exact) mass is 376 g/mol. The molecule has 1 unspecified atom stereocenters. The molecule has 2 fully saturated rings. The van der Waals surface area contributed by atoms with E-state index in [4.69, 9.17) is 22.7 Å². The Hall–Kier alpha value is -2.35. The highest BCUT2D eigenvalue weighted by molar-refractivity contribution is 7.80. The molecule has 2 saturated heterocycles. The van der Waals surface area contributed by atoms with Crippen molar-refractivity contribution < 1.29 is 14.3 Å². The van der Waals surface area contributed by atoms with Crippen molar-refractivity contribution in [1.82, 2.24) is 9.80 Å². The van der Waals surface area contributed by atoms with E-state index in [1.54, 1.807) is 18.2 Å². The third kappa shape index (κ3) is 4.07. The summed E-state index contributed by atoms with van der Waals surface area (Å²) in [6.07, 6.45) is 2.13. The maximum absolute atomic E-state index is 12.8. The zero-order valence-electron chi connectivity index (χ0n) is 14.8. The molecule has 0 aliphatic carbocycles. The lowest BCUT2D eigenvalue weighted by molar-refractivity contribution is 0.0658. The normalized spacial score (nSPS) is 20.8. The van der Waals surface area contributed by atoms with Crippen LogP contribution in [0.2, 0.25) is 0 Å². The van der Waals surface area contributed by atoms with Gasteiger partial charge in [0.2, 0.25) is 0 Å². The average Bonchev–Trinajstić information content (AvgIpc) is 3.02.